The molecule has 2 heterocycles. The maximum Gasteiger partial charge on any atom is 0.306 e. The molecule has 468 valence electrons. The fourth-order valence-electron chi connectivity index (χ4n) is 11.8. The topological polar surface area (TPSA) is 202 Å². The molecule has 0 amide bonds. The van der Waals surface area contributed by atoms with Gasteiger partial charge in [-0.15, -0.1) is 0 Å². The molecule has 0 aliphatic carbocycles. The first-order valence-corrected chi connectivity index (χ1v) is 33.9. The van der Waals surface area contributed by atoms with E-state index in [0.717, 1.165) is 51.4 Å². The summed E-state index contributed by atoms with van der Waals surface area (Å²) >= 11 is 0. The van der Waals surface area contributed by atoms with Crippen molar-refractivity contribution in [1.82, 2.24) is 0 Å². The van der Waals surface area contributed by atoms with Crippen molar-refractivity contribution in [2.45, 2.75) is 390 Å². The van der Waals surface area contributed by atoms with Crippen molar-refractivity contribution in [3.63, 3.8) is 0 Å². The molecule has 2 aliphatic heterocycles. The van der Waals surface area contributed by atoms with Gasteiger partial charge >= 0.3 is 11.9 Å². The summed E-state index contributed by atoms with van der Waals surface area (Å²) in [4.78, 5) is 26.4. The van der Waals surface area contributed by atoms with Gasteiger partial charge in [0, 0.05) is 12.8 Å². The lowest BCUT2D eigenvalue weighted by Gasteiger charge is -2.44. The normalized spacial score (nSPS) is 23.2. The van der Waals surface area contributed by atoms with Gasteiger partial charge in [0.25, 0.3) is 0 Å². The van der Waals surface area contributed by atoms with Gasteiger partial charge in [0.2, 0.25) is 12.1 Å². The van der Waals surface area contributed by atoms with Crippen LogP contribution < -0.4 is 0 Å². The van der Waals surface area contributed by atoms with Crippen molar-refractivity contribution in [2.24, 2.45) is 0 Å². The number of esters is 2. The Kier molecular flexibility index (Phi) is 47.6. The maximum absolute atomic E-state index is 13.2. The molecule has 2 aliphatic rings. The second kappa shape index (κ2) is 51.0. The third kappa shape index (κ3) is 35.5. The molecular weight excluding hydrogens is 1000 g/mol. The fourth-order valence-corrected chi connectivity index (χ4v) is 11.8. The molecule has 79 heavy (non-hydrogen) atoms. The summed E-state index contributed by atoms with van der Waals surface area (Å²) in [6, 6.07) is 0. The van der Waals surface area contributed by atoms with E-state index in [2.05, 4.69) is 13.8 Å². The van der Waals surface area contributed by atoms with E-state index in [0.29, 0.717) is 12.8 Å². The summed E-state index contributed by atoms with van der Waals surface area (Å²) in [6.45, 7) is 2.14. The van der Waals surface area contributed by atoms with Gasteiger partial charge in [-0.1, -0.05) is 309 Å². The number of ether oxygens (including phenoxy) is 5. The summed E-state index contributed by atoms with van der Waals surface area (Å²) in [5.41, 5.74) is 0. The number of carbonyl (C=O) groups is 2. The highest BCUT2D eigenvalue weighted by Gasteiger charge is 2.61. The van der Waals surface area contributed by atoms with E-state index in [1.807, 2.05) is 0 Å². The third-order valence-corrected chi connectivity index (χ3v) is 17.0. The van der Waals surface area contributed by atoms with E-state index in [1.165, 1.54) is 244 Å². The number of rotatable bonds is 57. The van der Waals surface area contributed by atoms with E-state index in [9.17, 15) is 40.2 Å². The zero-order chi connectivity index (χ0) is 57.3. The van der Waals surface area contributed by atoms with Crippen LogP contribution in [0.15, 0.2) is 0 Å². The standard InChI is InChI=1S/C66H126O13/c1-3-5-7-9-11-13-15-17-19-21-23-25-27-29-31-33-35-37-39-41-43-45-47-49-51-58(70)76-63-62(74)60(72)56(53-67)75-65(63)79-66(55-69)64(61(73)57(54-68)78-66)77-59(71)52-50-48-46-44-42-40-38-36-34-32-30-28-26-24-22-20-18-16-14-12-10-8-6-4-2/h56-57,60-65,67-69,72-74H,3-55H2,1-2H3/t56-,57-,60-,61-,62+,63-,64+,65-,66+/m1/s1. The van der Waals surface area contributed by atoms with Crippen LogP contribution in [-0.2, 0) is 33.3 Å². The average molecular weight is 1130 g/mol. The Labute approximate surface area is 483 Å². The van der Waals surface area contributed by atoms with Crippen LogP contribution in [0.25, 0.3) is 0 Å². The van der Waals surface area contributed by atoms with Crippen LogP contribution in [-0.4, -0.2) is 117 Å². The summed E-state index contributed by atoms with van der Waals surface area (Å²) < 4.78 is 29.0. The quantitative estimate of drug-likeness (QED) is 0.0248. The minimum atomic E-state index is -2.31. The van der Waals surface area contributed by atoms with Gasteiger partial charge in [-0.2, -0.15) is 0 Å². The monoisotopic (exact) mass is 1130 g/mol. The Morgan fingerprint density at radius 3 is 0.924 bits per heavy atom. The molecule has 0 aromatic rings. The lowest BCUT2D eigenvalue weighted by molar-refractivity contribution is -0.384. The van der Waals surface area contributed by atoms with Gasteiger partial charge in [-0.3, -0.25) is 9.59 Å². The summed E-state index contributed by atoms with van der Waals surface area (Å²) in [7, 11) is 0. The molecule has 2 saturated heterocycles. The smallest absolute Gasteiger partial charge is 0.306 e. The summed E-state index contributed by atoms with van der Waals surface area (Å²) in [6.07, 6.45) is 48.5. The highest BCUT2D eigenvalue weighted by molar-refractivity contribution is 5.70. The Balaban J connectivity index is 1.61. The molecule has 0 aromatic carbocycles. The predicted molar refractivity (Wildman–Crippen MR) is 319 cm³/mol. The molecule has 6 N–H and O–H groups in total. The molecule has 13 nitrogen and oxygen atoms in total. The van der Waals surface area contributed by atoms with Crippen molar-refractivity contribution in [2.75, 3.05) is 19.8 Å². The Bertz CT molecular complexity index is 1370. The van der Waals surface area contributed by atoms with Gasteiger partial charge in [0.05, 0.1) is 13.2 Å². The molecule has 0 aromatic heterocycles. The van der Waals surface area contributed by atoms with E-state index >= 15 is 0 Å². The van der Waals surface area contributed by atoms with E-state index in [1.54, 1.807) is 0 Å². The minimum absolute atomic E-state index is 0.0432. The summed E-state index contributed by atoms with van der Waals surface area (Å²) in [5.74, 6) is -3.63. The van der Waals surface area contributed by atoms with Crippen LogP contribution in [0, 0.1) is 0 Å². The van der Waals surface area contributed by atoms with Crippen LogP contribution in [0.5, 0.6) is 0 Å². The number of aliphatic hydroxyl groups excluding tert-OH is 6. The average Bonchev–Trinajstić information content (AvgIpc) is 3.83. The van der Waals surface area contributed by atoms with Gasteiger partial charge in [0.15, 0.2) is 12.2 Å². The highest BCUT2D eigenvalue weighted by atomic mass is 16.8. The van der Waals surface area contributed by atoms with Gasteiger partial charge in [0.1, 0.15) is 37.1 Å². The van der Waals surface area contributed by atoms with Gasteiger partial charge in [-0.25, -0.2) is 0 Å². The first-order chi connectivity index (χ1) is 38.7. The molecule has 0 unspecified atom stereocenters. The molecule has 0 spiro atoms. The highest BCUT2D eigenvalue weighted by Crippen LogP contribution is 2.39. The number of hydrogen-bond donors (Lipinski definition) is 6. The molecule has 13 heteroatoms. The van der Waals surface area contributed by atoms with E-state index in [-0.39, 0.29) is 12.8 Å². The lowest BCUT2D eigenvalue weighted by Crippen LogP contribution is -2.64. The Morgan fingerprint density at radius 2 is 0.646 bits per heavy atom. The van der Waals surface area contributed by atoms with Gasteiger partial charge in [-0.05, 0) is 12.8 Å². The fraction of sp³-hybridized carbons (Fsp3) is 0.970. The number of hydrogen-bond acceptors (Lipinski definition) is 13. The van der Waals surface area contributed by atoms with Crippen molar-refractivity contribution < 1.29 is 63.9 Å². The van der Waals surface area contributed by atoms with E-state index in [4.69, 9.17) is 23.7 Å². The van der Waals surface area contributed by atoms with Crippen LogP contribution in [0.2, 0.25) is 0 Å². The van der Waals surface area contributed by atoms with Crippen molar-refractivity contribution in [1.29, 1.82) is 0 Å². The van der Waals surface area contributed by atoms with Crippen molar-refractivity contribution in [3.8, 4) is 0 Å². The zero-order valence-corrected chi connectivity index (χ0v) is 51.1. The first-order valence-electron chi connectivity index (χ1n) is 33.9. The first kappa shape index (κ1) is 73.7. The van der Waals surface area contributed by atoms with Crippen LogP contribution in [0.4, 0.5) is 0 Å². The van der Waals surface area contributed by atoms with Crippen LogP contribution in [0.3, 0.4) is 0 Å². The van der Waals surface area contributed by atoms with Crippen molar-refractivity contribution >= 4 is 11.9 Å². The predicted octanol–water partition coefficient (Wildman–Crippen LogP) is 15.3. The molecule has 0 bridgehead atoms. The van der Waals surface area contributed by atoms with Crippen LogP contribution >= 0.6 is 0 Å². The SMILES string of the molecule is CCCCCCCCCCCCCCCCCCCCCCCCCCC(=O)O[C@H]1[C@@H](O[C@]2(CO)O[C@H](CO)[C@@H](O)[C@@H]2OC(=O)CCCCCCCCCCCCCCCCCCCCCCCCCC)O[C@H](CO)[C@@H](O)[C@@H]1O. The molecule has 2 fully saturated rings. The second-order valence-electron chi connectivity index (χ2n) is 24.3. The Morgan fingerprint density at radius 1 is 0.367 bits per heavy atom. The zero-order valence-electron chi connectivity index (χ0n) is 51.1. The number of unbranched alkanes of at least 4 members (excludes halogenated alkanes) is 46. The largest absolute Gasteiger partial charge is 0.454 e. The number of aliphatic hydroxyl groups is 6. The number of carbonyl (C=O) groups excluding carboxylic acids is 2. The Hall–Kier alpha value is -1.42. The molecule has 0 radical (unpaired) electrons. The third-order valence-electron chi connectivity index (χ3n) is 17.0. The van der Waals surface area contributed by atoms with Gasteiger partial charge < -0.3 is 54.3 Å². The molecule has 0 saturated carbocycles. The second-order valence-corrected chi connectivity index (χ2v) is 24.3. The summed E-state index contributed by atoms with van der Waals surface area (Å²) in [5, 5.41) is 63.8. The van der Waals surface area contributed by atoms with E-state index < -0.39 is 86.6 Å². The molecule has 9 atom stereocenters. The molecule has 2 rings (SSSR count). The molecular formula is C66H126O13. The lowest BCUT2D eigenvalue weighted by atomic mass is 9.98. The van der Waals surface area contributed by atoms with Crippen LogP contribution in [0.1, 0.15) is 335 Å². The minimum Gasteiger partial charge on any atom is -0.454 e. The maximum atomic E-state index is 13.2. The van der Waals surface area contributed by atoms with Crippen molar-refractivity contribution in [3.05, 3.63) is 0 Å².